The van der Waals surface area contributed by atoms with Crippen LogP contribution in [0.2, 0.25) is 0 Å². The second-order valence-electron chi connectivity index (χ2n) is 4.93. The first-order chi connectivity index (χ1) is 10.4. The van der Waals surface area contributed by atoms with E-state index in [-0.39, 0.29) is 0 Å². The van der Waals surface area contributed by atoms with Crippen LogP contribution in [0.4, 0.5) is 8.78 Å². The SMILES string of the molecule is CCCC1(OC(=O)COC(=O)C(F)(F)SOOO)CCCC1. The van der Waals surface area contributed by atoms with Gasteiger partial charge in [0, 0.05) is 0 Å². The minimum atomic E-state index is -4.13. The maximum atomic E-state index is 13.1. The Morgan fingerprint density at radius 3 is 2.50 bits per heavy atom. The molecule has 0 radical (unpaired) electrons. The molecule has 1 rings (SSSR count). The number of esters is 2. The molecule has 10 heteroatoms. The third kappa shape index (κ3) is 5.67. The molecule has 1 aliphatic carbocycles. The largest absolute Gasteiger partial charge is 0.457 e. The lowest BCUT2D eigenvalue weighted by molar-refractivity contribution is -0.433. The molecule has 1 N–H and O–H groups in total. The predicted octanol–water partition coefficient (Wildman–Crippen LogP) is 2.85. The second-order valence-corrected chi connectivity index (χ2v) is 5.75. The Morgan fingerprint density at radius 1 is 1.32 bits per heavy atom. The molecule has 0 amide bonds. The zero-order valence-corrected chi connectivity index (χ0v) is 12.8. The lowest BCUT2D eigenvalue weighted by Crippen LogP contribution is -2.35. The van der Waals surface area contributed by atoms with Gasteiger partial charge >= 0.3 is 17.2 Å². The molecule has 1 saturated carbocycles. The Hall–Kier alpha value is -0.970. The first kappa shape index (κ1) is 19.1. The van der Waals surface area contributed by atoms with Gasteiger partial charge in [0.25, 0.3) is 0 Å². The summed E-state index contributed by atoms with van der Waals surface area (Å²) in [7, 11) is 0. The zero-order valence-electron chi connectivity index (χ0n) is 12.0. The van der Waals surface area contributed by atoms with Crippen LogP contribution in [0, 0.1) is 0 Å². The molecular formula is C12H18F2O7S. The van der Waals surface area contributed by atoms with Gasteiger partial charge in [-0.2, -0.15) is 8.78 Å². The molecule has 0 aliphatic heterocycles. The number of hydrogen-bond donors (Lipinski definition) is 1. The summed E-state index contributed by atoms with van der Waals surface area (Å²) < 4.78 is 39.2. The highest BCUT2D eigenvalue weighted by Crippen LogP contribution is 2.37. The summed E-state index contributed by atoms with van der Waals surface area (Å²) in [5, 5.41) is 6.60. The number of alkyl halides is 2. The molecule has 0 aromatic heterocycles. The fourth-order valence-electron chi connectivity index (χ4n) is 2.45. The smallest absolute Gasteiger partial charge is 0.415 e. The monoisotopic (exact) mass is 344 g/mol. The molecule has 0 saturated heterocycles. The van der Waals surface area contributed by atoms with Gasteiger partial charge in [-0.1, -0.05) is 18.4 Å². The van der Waals surface area contributed by atoms with Crippen LogP contribution >= 0.6 is 12.0 Å². The van der Waals surface area contributed by atoms with Gasteiger partial charge in [0.1, 0.15) is 17.6 Å². The van der Waals surface area contributed by atoms with Gasteiger partial charge in [-0.15, -0.1) is 4.33 Å². The van der Waals surface area contributed by atoms with Crippen LogP contribution in [-0.2, 0) is 28.4 Å². The van der Waals surface area contributed by atoms with Crippen molar-refractivity contribution in [1.82, 2.24) is 0 Å². The summed E-state index contributed by atoms with van der Waals surface area (Å²) in [6.07, 6.45) is 4.80. The molecule has 0 spiro atoms. The molecule has 22 heavy (non-hydrogen) atoms. The summed E-state index contributed by atoms with van der Waals surface area (Å²) >= 11 is -0.753. The Morgan fingerprint density at radius 2 is 1.95 bits per heavy atom. The lowest BCUT2D eigenvalue weighted by atomic mass is 9.96. The fourth-order valence-corrected chi connectivity index (χ4v) is 2.69. The minimum absolute atomic E-state index is 0.580. The average Bonchev–Trinajstić information content (AvgIpc) is 2.91. The summed E-state index contributed by atoms with van der Waals surface area (Å²) in [5.41, 5.74) is -0.580. The summed E-state index contributed by atoms with van der Waals surface area (Å²) in [6, 6.07) is 0. The molecule has 0 aromatic carbocycles. The van der Waals surface area contributed by atoms with Crippen molar-refractivity contribution in [2.45, 2.75) is 56.3 Å². The van der Waals surface area contributed by atoms with Gasteiger partial charge in [0.15, 0.2) is 6.61 Å². The second kappa shape index (κ2) is 8.61. The Balaban J connectivity index is 2.43. The van der Waals surface area contributed by atoms with Gasteiger partial charge in [-0.3, -0.25) is 0 Å². The van der Waals surface area contributed by atoms with Crippen LogP contribution in [-0.4, -0.2) is 34.7 Å². The molecule has 7 nitrogen and oxygen atoms in total. The minimum Gasteiger partial charge on any atom is -0.457 e. The lowest BCUT2D eigenvalue weighted by Gasteiger charge is -2.28. The first-order valence-corrected chi connectivity index (χ1v) is 7.52. The molecule has 128 valence electrons. The van der Waals surface area contributed by atoms with E-state index in [1.165, 1.54) is 0 Å². The molecule has 0 heterocycles. The number of carbonyl (C=O) groups excluding carboxylic acids is 2. The van der Waals surface area contributed by atoms with Gasteiger partial charge in [-0.05, 0) is 32.1 Å². The van der Waals surface area contributed by atoms with Gasteiger partial charge in [-0.25, -0.2) is 14.8 Å². The molecule has 0 atom stereocenters. The third-order valence-corrected chi connectivity index (χ3v) is 3.78. The highest BCUT2D eigenvalue weighted by molar-refractivity contribution is 7.96. The molecule has 0 unspecified atom stereocenters. The van der Waals surface area contributed by atoms with Crippen molar-refractivity contribution < 1.29 is 42.5 Å². The van der Waals surface area contributed by atoms with Crippen molar-refractivity contribution in [3.8, 4) is 0 Å². The highest BCUT2D eigenvalue weighted by Gasteiger charge is 2.45. The van der Waals surface area contributed by atoms with E-state index in [0.29, 0.717) is 19.3 Å². The first-order valence-electron chi connectivity index (χ1n) is 6.78. The van der Waals surface area contributed by atoms with Crippen molar-refractivity contribution in [3.05, 3.63) is 0 Å². The van der Waals surface area contributed by atoms with Crippen LogP contribution in [0.15, 0.2) is 0 Å². The summed E-state index contributed by atoms with van der Waals surface area (Å²) in [4.78, 5) is 22.8. The van der Waals surface area contributed by atoms with E-state index in [0.717, 1.165) is 19.3 Å². The molecular weight excluding hydrogens is 326 g/mol. The predicted molar refractivity (Wildman–Crippen MR) is 70.5 cm³/mol. The maximum Gasteiger partial charge on any atom is 0.415 e. The van der Waals surface area contributed by atoms with Gasteiger partial charge in [0.2, 0.25) is 0 Å². The topological polar surface area (TPSA) is 91.3 Å². The number of rotatable bonds is 9. The van der Waals surface area contributed by atoms with Crippen LogP contribution in [0.3, 0.4) is 0 Å². The van der Waals surface area contributed by atoms with E-state index in [4.69, 9.17) is 9.99 Å². The van der Waals surface area contributed by atoms with E-state index >= 15 is 0 Å². The van der Waals surface area contributed by atoms with Crippen LogP contribution in [0.5, 0.6) is 0 Å². The molecule has 0 aromatic rings. The average molecular weight is 344 g/mol. The van der Waals surface area contributed by atoms with Crippen molar-refractivity contribution in [2.24, 2.45) is 0 Å². The maximum absolute atomic E-state index is 13.1. The Labute approximate surface area is 130 Å². The molecule has 0 bridgehead atoms. The number of carbonyl (C=O) groups is 2. The Kier molecular flexibility index (Phi) is 7.46. The van der Waals surface area contributed by atoms with E-state index in [1.54, 1.807) is 0 Å². The van der Waals surface area contributed by atoms with Crippen LogP contribution in [0.1, 0.15) is 45.4 Å². The van der Waals surface area contributed by atoms with Crippen molar-refractivity contribution in [2.75, 3.05) is 6.61 Å². The number of ether oxygens (including phenoxy) is 2. The standard InChI is InChI=1S/C12H18F2O7S/c1-2-5-11(6-3-4-7-11)19-9(15)8-18-10(16)12(13,14)22-21-20-17/h17H,2-8H2,1H3. The third-order valence-electron chi connectivity index (χ3n) is 3.28. The molecule has 1 aliphatic rings. The van der Waals surface area contributed by atoms with Crippen molar-refractivity contribution in [1.29, 1.82) is 0 Å². The van der Waals surface area contributed by atoms with E-state index in [2.05, 4.69) is 14.1 Å². The van der Waals surface area contributed by atoms with Crippen LogP contribution < -0.4 is 0 Å². The van der Waals surface area contributed by atoms with Crippen molar-refractivity contribution >= 4 is 24.0 Å². The summed E-state index contributed by atoms with van der Waals surface area (Å²) in [5.74, 6) is -2.87. The zero-order chi connectivity index (χ0) is 16.6. The van der Waals surface area contributed by atoms with Crippen molar-refractivity contribution in [3.63, 3.8) is 0 Å². The highest BCUT2D eigenvalue weighted by atomic mass is 32.2. The van der Waals surface area contributed by atoms with Gasteiger partial charge < -0.3 is 9.47 Å². The molecule has 1 fully saturated rings. The number of hydrogen-bond acceptors (Lipinski definition) is 8. The van der Waals surface area contributed by atoms with Gasteiger partial charge in [0.05, 0.1) is 0 Å². The van der Waals surface area contributed by atoms with Crippen LogP contribution in [0.25, 0.3) is 0 Å². The normalized spacial score (nSPS) is 17.3. The quantitative estimate of drug-likeness (QED) is 0.295. The number of halogens is 2. The fraction of sp³-hybridized carbons (Fsp3) is 0.833. The Bertz CT molecular complexity index is 386. The summed E-state index contributed by atoms with van der Waals surface area (Å²) in [6.45, 7) is 1.04. The van der Waals surface area contributed by atoms with E-state index in [1.807, 2.05) is 6.92 Å². The van der Waals surface area contributed by atoms with E-state index < -0.39 is 41.4 Å². The van der Waals surface area contributed by atoms with E-state index in [9.17, 15) is 18.4 Å².